The Bertz CT molecular complexity index is 815. The van der Waals surface area contributed by atoms with E-state index in [-0.39, 0.29) is 25.2 Å². The summed E-state index contributed by atoms with van der Waals surface area (Å²) in [4.78, 5) is 35.9. The fraction of sp³-hybridized carbons (Fsp3) is 0.780. The average molecular weight is 661 g/mol. The molecule has 0 fully saturated rings. The summed E-state index contributed by atoms with van der Waals surface area (Å²) in [5, 5.41) is 0. The average Bonchev–Trinajstić information content (AvgIpc) is 3.05. The third kappa shape index (κ3) is 36.3. The Morgan fingerprint density at radius 1 is 0.468 bits per heavy atom. The van der Waals surface area contributed by atoms with Crippen LogP contribution in [0.25, 0.3) is 0 Å². The summed E-state index contributed by atoms with van der Waals surface area (Å²) in [5.74, 6) is -1.11. The smallest absolute Gasteiger partial charge is 0.305 e. The maximum absolute atomic E-state index is 12.2. The van der Waals surface area contributed by atoms with Crippen LogP contribution in [0, 0.1) is 0 Å². The largest absolute Gasteiger partial charge is 0.462 e. The topological polar surface area (TPSA) is 78.9 Å². The maximum Gasteiger partial charge on any atom is 0.305 e. The lowest BCUT2D eigenvalue weighted by Crippen LogP contribution is -2.30. The Balaban J connectivity index is 3.80. The van der Waals surface area contributed by atoms with Crippen LogP contribution in [-0.2, 0) is 28.6 Å². The van der Waals surface area contributed by atoms with Gasteiger partial charge in [0.05, 0.1) is 0 Å². The monoisotopic (exact) mass is 661 g/mol. The zero-order valence-corrected chi connectivity index (χ0v) is 30.8. The molecule has 1 unspecified atom stereocenters. The van der Waals surface area contributed by atoms with E-state index in [9.17, 15) is 14.4 Å². The highest BCUT2D eigenvalue weighted by Crippen LogP contribution is 2.12. The van der Waals surface area contributed by atoms with Crippen molar-refractivity contribution in [3.05, 3.63) is 36.5 Å². The van der Waals surface area contributed by atoms with E-state index in [1.54, 1.807) is 0 Å². The Morgan fingerprint density at radius 3 is 1.23 bits per heavy atom. The summed E-state index contributed by atoms with van der Waals surface area (Å²) in [6, 6.07) is 0. The first kappa shape index (κ1) is 44.6. The minimum Gasteiger partial charge on any atom is -0.462 e. The van der Waals surface area contributed by atoms with Gasteiger partial charge in [-0.15, -0.1) is 0 Å². The van der Waals surface area contributed by atoms with Crippen LogP contribution < -0.4 is 0 Å². The van der Waals surface area contributed by atoms with Gasteiger partial charge in [0.2, 0.25) is 0 Å². The number of unbranched alkanes of at least 4 members (excludes halogenated alkanes) is 19. The van der Waals surface area contributed by atoms with Crippen molar-refractivity contribution in [1.82, 2.24) is 0 Å². The molecule has 0 spiro atoms. The first-order chi connectivity index (χ1) is 23.0. The van der Waals surface area contributed by atoms with E-state index in [2.05, 4.69) is 50.3 Å². The highest BCUT2D eigenvalue weighted by atomic mass is 16.6. The molecule has 0 aliphatic heterocycles. The van der Waals surface area contributed by atoms with Gasteiger partial charge in [0.25, 0.3) is 0 Å². The number of esters is 3. The Morgan fingerprint density at radius 2 is 0.809 bits per heavy atom. The van der Waals surface area contributed by atoms with E-state index >= 15 is 0 Å². The molecule has 0 radical (unpaired) electrons. The van der Waals surface area contributed by atoms with Crippen LogP contribution >= 0.6 is 0 Å². The minimum absolute atomic E-state index is 0.0968. The normalized spacial score (nSPS) is 12.3. The summed E-state index contributed by atoms with van der Waals surface area (Å²) in [7, 11) is 0. The van der Waals surface area contributed by atoms with Crippen LogP contribution in [0.3, 0.4) is 0 Å². The van der Waals surface area contributed by atoms with Gasteiger partial charge in [0.15, 0.2) is 6.10 Å². The van der Waals surface area contributed by atoms with Crippen molar-refractivity contribution in [2.45, 2.75) is 194 Å². The summed E-state index contributed by atoms with van der Waals surface area (Å²) in [6.45, 7) is 5.59. The Kier molecular flexibility index (Phi) is 34.6. The molecule has 0 aliphatic carbocycles. The van der Waals surface area contributed by atoms with Crippen molar-refractivity contribution in [2.24, 2.45) is 0 Å². The lowest BCUT2D eigenvalue weighted by Gasteiger charge is -2.17. The third-order valence-electron chi connectivity index (χ3n) is 8.17. The van der Waals surface area contributed by atoms with Crippen LogP contribution in [0.2, 0.25) is 0 Å². The van der Waals surface area contributed by atoms with E-state index in [4.69, 9.17) is 14.2 Å². The van der Waals surface area contributed by atoms with Crippen LogP contribution in [0.15, 0.2) is 36.5 Å². The lowest BCUT2D eigenvalue weighted by molar-refractivity contribution is -0.165. The van der Waals surface area contributed by atoms with Gasteiger partial charge in [0.1, 0.15) is 13.2 Å². The van der Waals surface area contributed by atoms with E-state index in [0.29, 0.717) is 12.8 Å². The first-order valence-electron chi connectivity index (χ1n) is 19.4. The van der Waals surface area contributed by atoms with Gasteiger partial charge >= 0.3 is 17.9 Å². The first-order valence-corrected chi connectivity index (χ1v) is 19.4. The quantitative estimate of drug-likeness (QED) is 0.0296. The third-order valence-corrected chi connectivity index (χ3v) is 8.17. The van der Waals surface area contributed by atoms with Gasteiger partial charge in [-0.2, -0.15) is 0 Å². The summed E-state index contributed by atoms with van der Waals surface area (Å²) < 4.78 is 15.8. The molecular formula is C41H72O6. The summed E-state index contributed by atoms with van der Waals surface area (Å²) in [5.41, 5.74) is 0. The van der Waals surface area contributed by atoms with E-state index < -0.39 is 12.1 Å². The zero-order valence-electron chi connectivity index (χ0n) is 30.8. The van der Waals surface area contributed by atoms with Crippen molar-refractivity contribution in [1.29, 1.82) is 0 Å². The number of carbonyl (C=O) groups is 3. The van der Waals surface area contributed by atoms with Gasteiger partial charge in [0, 0.05) is 19.8 Å². The van der Waals surface area contributed by atoms with Crippen LogP contribution in [0.1, 0.15) is 188 Å². The summed E-state index contributed by atoms with van der Waals surface area (Å²) >= 11 is 0. The molecule has 0 aliphatic rings. The Hall–Kier alpha value is -2.37. The van der Waals surface area contributed by atoms with Gasteiger partial charge in [-0.05, 0) is 70.6 Å². The molecule has 47 heavy (non-hydrogen) atoms. The predicted octanol–water partition coefficient (Wildman–Crippen LogP) is 11.9. The van der Waals surface area contributed by atoms with Crippen LogP contribution in [-0.4, -0.2) is 37.2 Å². The highest BCUT2D eigenvalue weighted by Gasteiger charge is 2.17. The predicted molar refractivity (Wildman–Crippen MR) is 196 cm³/mol. The second-order valence-corrected chi connectivity index (χ2v) is 12.9. The number of carbonyl (C=O) groups excluding carboxylic acids is 3. The fourth-order valence-electron chi connectivity index (χ4n) is 5.29. The molecule has 0 amide bonds. The van der Waals surface area contributed by atoms with Gasteiger partial charge in [-0.1, -0.05) is 134 Å². The van der Waals surface area contributed by atoms with Crippen molar-refractivity contribution >= 4 is 17.9 Å². The fourth-order valence-corrected chi connectivity index (χ4v) is 5.29. The van der Waals surface area contributed by atoms with Gasteiger partial charge in [-0.3, -0.25) is 14.4 Å². The highest BCUT2D eigenvalue weighted by molar-refractivity contribution is 5.70. The molecule has 6 heteroatoms. The molecule has 1 atom stereocenters. The number of allylic oxidation sites excluding steroid dienone is 6. The molecule has 0 bridgehead atoms. The molecule has 0 aromatic carbocycles. The van der Waals surface area contributed by atoms with E-state index in [1.807, 2.05) is 0 Å². The van der Waals surface area contributed by atoms with Crippen molar-refractivity contribution in [3.8, 4) is 0 Å². The molecule has 0 aromatic heterocycles. The maximum atomic E-state index is 12.2. The standard InChI is InChI=1S/C41H72O6/c1-4-6-8-10-12-14-16-18-20-22-24-26-28-30-32-34-40(43)45-36-39(47-38(3)42)37-46-41(44)35-33-31-29-27-25-23-21-19-17-15-13-11-9-7-5-2/h12,14,18-21,39H,4-11,13,15-17,22-37H2,1-3H3/b14-12-,20-18-,21-19-. The van der Waals surface area contributed by atoms with Gasteiger partial charge in [-0.25, -0.2) is 0 Å². The zero-order chi connectivity index (χ0) is 34.5. The molecule has 0 aromatic rings. The molecule has 0 heterocycles. The van der Waals surface area contributed by atoms with Gasteiger partial charge < -0.3 is 14.2 Å². The van der Waals surface area contributed by atoms with Crippen molar-refractivity contribution < 1.29 is 28.6 Å². The molecule has 272 valence electrons. The SMILES string of the molecule is CCCCC/C=C\C/C=C\CCCCCCCC(=O)OCC(COC(=O)CCCCCCC/C=C\CCCCCCCC)OC(C)=O. The second kappa shape index (κ2) is 36.5. The van der Waals surface area contributed by atoms with Crippen molar-refractivity contribution in [2.75, 3.05) is 13.2 Å². The summed E-state index contributed by atoms with van der Waals surface area (Å²) in [6.07, 6.45) is 41.7. The van der Waals surface area contributed by atoms with Crippen LogP contribution in [0.4, 0.5) is 0 Å². The van der Waals surface area contributed by atoms with E-state index in [1.165, 1.54) is 96.8 Å². The number of hydrogen-bond acceptors (Lipinski definition) is 6. The second-order valence-electron chi connectivity index (χ2n) is 12.9. The van der Waals surface area contributed by atoms with E-state index in [0.717, 1.165) is 64.2 Å². The van der Waals surface area contributed by atoms with Crippen molar-refractivity contribution in [3.63, 3.8) is 0 Å². The minimum atomic E-state index is -0.779. The molecule has 0 N–H and O–H groups in total. The molecule has 0 rings (SSSR count). The molecule has 0 saturated carbocycles. The number of hydrogen-bond donors (Lipinski definition) is 0. The van der Waals surface area contributed by atoms with Crippen LogP contribution in [0.5, 0.6) is 0 Å². The number of rotatable bonds is 34. The molecule has 0 saturated heterocycles. The molecule has 6 nitrogen and oxygen atoms in total. The molecular weight excluding hydrogens is 588 g/mol. The Labute approximate surface area is 289 Å². The number of ether oxygens (including phenoxy) is 3. The lowest BCUT2D eigenvalue weighted by atomic mass is 10.1.